The lowest BCUT2D eigenvalue weighted by atomic mass is 9.38. The zero-order valence-electron chi connectivity index (χ0n) is 17.5. The number of rotatable bonds is 8. The van der Waals surface area contributed by atoms with Crippen molar-refractivity contribution in [1.82, 2.24) is 10.3 Å². The summed E-state index contributed by atoms with van der Waals surface area (Å²) in [4.78, 5) is 29.1. The number of pyridine rings is 1. The van der Waals surface area contributed by atoms with Gasteiger partial charge in [0.2, 0.25) is 0 Å². The molecule has 0 radical (unpaired) electrons. The number of ketones is 1. The van der Waals surface area contributed by atoms with Crippen LogP contribution in [0.4, 0.5) is 8.78 Å². The number of alkyl halides is 2. The summed E-state index contributed by atoms with van der Waals surface area (Å²) in [7, 11) is 0. The van der Waals surface area contributed by atoms with Gasteiger partial charge in [-0.15, -0.1) is 8.78 Å². The molecule has 168 valence electrons. The molecular weight excluding hydrogens is 422 g/mol. The number of nitrogens with zero attached hydrogens (tertiary/aromatic N) is 1. The third kappa shape index (κ3) is 3.76. The fourth-order valence-electron chi connectivity index (χ4n) is 5.10. The zero-order chi connectivity index (χ0) is 22.6. The number of aromatic nitrogens is 1. The van der Waals surface area contributed by atoms with Gasteiger partial charge in [0.1, 0.15) is 11.4 Å². The minimum Gasteiger partial charge on any atom is -0.484 e. The van der Waals surface area contributed by atoms with Crippen LogP contribution in [-0.2, 0) is 11.2 Å². The molecule has 1 aliphatic heterocycles. The molecule has 32 heavy (non-hydrogen) atoms. The Labute approximate surface area is 183 Å². The average Bonchev–Trinajstić information content (AvgIpc) is 3.02. The number of halogens is 2. The molecule has 1 N–H and O–H groups in total. The van der Waals surface area contributed by atoms with E-state index in [2.05, 4.69) is 19.8 Å². The van der Waals surface area contributed by atoms with Crippen LogP contribution in [0.25, 0.3) is 0 Å². The number of ether oxygens (including phenoxy) is 3. The molecule has 7 nitrogen and oxygen atoms in total. The molecule has 0 atom stereocenters. The van der Waals surface area contributed by atoms with Crippen LogP contribution in [-0.4, -0.2) is 35.1 Å². The van der Waals surface area contributed by atoms with Gasteiger partial charge in [0.15, 0.2) is 23.9 Å². The Morgan fingerprint density at radius 2 is 1.88 bits per heavy atom. The van der Waals surface area contributed by atoms with E-state index in [0.717, 1.165) is 31.2 Å². The van der Waals surface area contributed by atoms with Crippen LogP contribution >= 0.6 is 0 Å². The molecule has 9 heteroatoms. The predicted octanol–water partition coefficient (Wildman–Crippen LogP) is 3.66. The third-order valence-electron chi connectivity index (χ3n) is 6.34. The highest BCUT2D eigenvalue weighted by atomic mass is 19.3. The number of fused-ring (bicyclic) bond motifs is 1. The van der Waals surface area contributed by atoms with Crippen molar-refractivity contribution in [3.05, 3.63) is 47.8 Å². The van der Waals surface area contributed by atoms with Gasteiger partial charge < -0.3 is 19.5 Å². The first-order chi connectivity index (χ1) is 15.2. The van der Waals surface area contributed by atoms with Crippen molar-refractivity contribution >= 4 is 11.7 Å². The fourth-order valence-corrected chi connectivity index (χ4v) is 5.10. The van der Waals surface area contributed by atoms with Gasteiger partial charge in [-0.1, -0.05) is 6.92 Å². The van der Waals surface area contributed by atoms with Crippen molar-refractivity contribution < 1.29 is 32.6 Å². The maximum absolute atomic E-state index is 13.1. The molecule has 3 aliphatic carbocycles. The van der Waals surface area contributed by atoms with E-state index in [4.69, 9.17) is 4.74 Å². The topological polar surface area (TPSA) is 86.8 Å². The molecule has 2 heterocycles. The van der Waals surface area contributed by atoms with Crippen molar-refractivity contribution in [2.75, 3.05) is 6.61 Å². The zero-order valence-corrected chi connectivity index (χ0v) is 17.5. The average molecular weight is 444 g/mol. The van der Waals surface area contributed by atoms with Crippen LogP contribution in [0.3, 0.4) is 0 Å². The van der Waals surface area contributed by atoms with Gasteiger partial charge in [-0.3, -0.25) is 14.6 Å². The molecule has 0 unspecified atom stereocenters. The summed E-state index contributed by atoms with van der Waals surface area (Å²) in [6.07, 6.45) is 1.52. The first-order valence-corrected chi connectivity index (χ1v) is 10.5. The van der Waals surface area contributed by atoms with Gasteiger partial charge >= 0.3 is 6.29 Å². The van der Waals surface area contributed by atoms with Crippen molar-refractivity contribution in [3.63, 3.8) is 0 Å². The van der Waals surface area contributed by atoms with Crippen LogP contribution in [0, 0.1) is 5.41 Å². The van der Waals surface area contributed by atoms with Gasteiger partial charge in [0, 0.05) is 24.2 Å². The maximum Gasteiger partial charge on any atom is 0.586 e. The quantitative estimate of drug-likeness (QED) is 0.626. The van der Waals surface area contributed by atoms with Gasteiger partial charge in [-0.2, -0.15) is 0 Å². The summed E-state index contributed by atoms with van der Waals surface area (Å²) in [6, 6.07) is 7.74. The largest absolute Gasteiger partial charge is 0.586 e. The molecule has 2 aromatic rings. The molecule has 3 saturated carbocycles. The maximum atomic E-state index is 13.1. The second kappa shape index (κ2) is 7.15. The summed E-state index contributed by atoms with van der Waals surface area (Å²) in [5, 5.41) is 2.98. The standard InChI is InChI=1S/C23H22F2N2O5/c1-2-14-5-6-26-16(7-14)17(28)9-21-11-22(12-21,13-21)27-20(29)10-30-15-3-4-18-19(8-15)32-23(24,25)31-18/h3-8H,2,9-13H2,1H3,(H,27,29). The second-order valence-corrected chi connectivity index (χ2v) is 8.93. The van der Waals surface area contributed by atoms with Crippen molar-refractivity contribution in [1.29, 1.82) is 0 Å². The Hall–Kier alpha value is -3.23. The van der Waals surface area contributed by atoms with E-state index in [1.807, 2.05) is 19.1 Å². The number of amides is 1. The number of carbonyl (C=O) groups is 2. The van der Waals surface area contributed by atoms with E-state index in [-0.39, 0.29) is 46.5 Å². The summed E-state index contributed by atoms with van der Waals surface area (Å²) in [5.41, 5.74) is 1.25. The van der Waals surface area contributed by atoms with E-state index < -0.39 is 6.29 Å². The van der Waals surface area contributed by atoms with E-state index in [1.165, 1.54) is 18.2 Å². The molecule has 6 rings (SSSR count). The molecule has 2 bridgehead atoms. The van der Waals surface area contributed by atoms with Crippen LogP contribution < -0.4 is 19.5 Å². The number of Topliss-reactive ketones (excluding diaryl/α,β-unsaturated/α-hetero) is 1. The summed E-state index contributed by atoms with van der Waals surface area (Å²) in [5.74, 6) is -0.265. The third-order valence-corrected chi connectivity index (χ3v) is 6.34. The summed E-state index contributed by atoms with van der Waals surface area (Å²) in [6.45, 7) is 1.78. The minimum absolute atomic E-state index is 0.0386. The number of benzene rings is 1. The Kier molecular flexibility index (Phi) is 4.61. The minimum atomic E-state index is -3.70. The smallest absolute Gasteiger partial charge is 0.484 e. The molecule has 1 aromatic heterocycles. The first kappa shape index (κ1) is 20.7. The Morgan fingerprint density at radius 1 is 1.12 bits per heavy atom. The Balaban J connectivity index is 1.09. The summed E-state index contributed by atoms with van der Waals surface area (Å²) < 4.78 is 40.3. The second-order valence-electron chi connectivity index (χ2n) is 8.93. The van der Waals surface area contributed by atoms with Crippen molar-refractivity contribution in [2.24, 2.45) is 5.41 Å². The molecule has 0 saturated heterocycles. The van der Waals surface area contributed by atoms with Crippen molar-refractivity contribution in [2.45, 2.75) is 50.9 Å². The van der Waals surface area contributed by atoms with Crippen LogP contribution in [0.1, 0.15) is 48.7 Å². The van der Waals surface area contributed by atoms with Gasteiger partial charge in [0.05, 0.1) is 0 Å². The van der Waals surface area contributed by atoms with E-state index in [1.54, 1.807) is 6.20 Å². The molecule has 1 aromatic carbocycles. The number of nitrogens with one attached hydrogen (secondary N) is 1. The van der Waals surface area contributed by atoms with E-state index >= 15 is 0 Å². The van der Waals surface area contributed by atoms with Gasteiger partial charge in [0.25, 0.3) is 5.91 Å². The molecular formula is C23H22F2N2O5. The highest BCUT2D eigenvalue weighted by Crippen LogP contribution is 2.69. The lowest BCUT2D eigenvalue weighted by Crippen LogP contribution is -2.75. The fraction of sp³-hybridized carbons (Fsp3) is 0.435. The lowest BCUT2D eigenvalue weighted by molar-refractivity contribution is -0.286. The number of aryl methyl sites for hydroxylation is 1. The van der Waals surface area contributed by atoms with Crippen molar-refractivity contribution in [3.8, 4) is 17.2 Å². The Morgan fingerprint density at radius 3 is 2.62 bits per heavy atom. The monoisotopic (exact) mass is 444 g/mol. The molecule has 1 amide bonds. The SMILES string of the molecule is CCc1ccnc(C(=O)CC23CC(NC(=O)COc4ccc5c(c4)OC(F)(F)O5)(C2)C3)c1. The van der Waals surface area contributed by atoms with Gasteiger partial charge in [-0.05, 0) is 60.9 Å². The summed E-state index contributed by atoms with van der Waals surface area (Å²) >= 11 is 0. The molecule has 0 spiro atoms. The first-order valence-electron chi connectivity index (χ1n) is 10.5. The highest BCUT2D eigenvalue weighted by molar-refractivity contribution is 5.95. The number of hydrogen-bond donors (Lipinski definition) is 1. The highest BCUT2D eigenvalue weighted by Gasteiger charge is 2.68. The molecule has 4 aliphatic rings. The predicted molar refractivity (Wildman–Crippen MR) is 108 cm³/mol. The Bertz CT molecular complexity index is 1080. The molecule has 3 fully saturated rings. The van der Waals surface area contributed by atoms with Crippen LogP contribution in [0.15, 0.2) is 36.5 Å². The number of hydrogen-bond acceptors (Lipinski definition) is 6. The lowest BCUT2D eigenvalue weighted by Gasteiger charge is -2.70. The van der Waals surface area contributed by atoms with E-state index in [0.29, 0.717) is 12.1 Å². The van der Waals surface area contributed by atoms with Gasteiger partial charge in [-0.25, -0.2) is 0 Å². The van der Waals surface area contributed by atoms with E-state index in [9.17, 15) is 18.4 Å². The van der Waals surface area contributed by atoms with Crippen LogP contribution in [0.2, 0.25) is 0 Å². The van der Waals surface area contributed by atoms with Crippen LogP contribution in [0.5, 0.6) is 17.2 Å². The normalized spacial score (nSPS) is 26.0. The number of carbonyl (C=O) groups excluding carboxylic acids is 2.